The molecule has 0 saturated heterocycles. The number of ether oxygens (including phenoxy) is 1. The van der Waals surface area contributed by atoms with Crippen molar-refractivity contribution in [3.63, 3.8) is 0 Å². The van der Waals surface area contributed by atoms with Gasteiger partial charge in [-0.05, 0) is 43.2 Å². The summed E-state index contributed by atoms with van der Waals surface area (Å²) in [5, 5.41) is 0. The first-order valence-electron chi connectivity index (χ1n) is 8.44. The highest BCUT2D eigenvalue weighted by molar-refractivity contribution is 7.49. The largest absolute Gasteiger partial charge is 0.648 e. The summed E-state index contributed by atoms with van der Waals surface area (Å²) in [4.78, 5) is 13.3. The molecular weight excluding hydrogens is 369 g/mol. The smallest absolute Gasteiger partial charge is 0.452 e. The van der Waals surface area contributed by atoms with Crippen LogP contribution in [0.3, 0.4) is 0 Å². The maximum absolute atomic E-state index is 13.4. The van der Waals surface area contributed by atoms with Crippen LogP contribution < -0.4 is 9.05 Å². The molecule has 0 saturated carbocycles. The number of nitrogens with zero attached hydrogens (tertiary/aromatic N) is 1. The molecule has 27 heavy (non-hydrogen) atoms. The van der Waals surface area contributed by atoms with Crippen LogP contribution in [-0.2, 0) is 13.8 Å². The van der Waals surface area contributed by atoms with E-state index in [-0.39, 0.29) is 5.88 Å². The SMILES string of the molecule is COC(=O)N1CCCC=C1OP(=O)(Oc1ccccc1)Oc1ccccc1. The predicted octanol–water partition coefficient (Wildman–Crippen LogP) is 4.97. The zero-order chi connectivity index (χ0) is 19.1. The van der Waals surface area contributed by atoms with Gasteiger partial charge in [-0.1, -0.05) is 36.4 Å². The van der Waals surface area contributed by atoms with Crippen LogP contribution in [0.15, 0.2) is 72.6 Å². The van der Waals surface area contributed by atoms with E-state index in [2.05, 4.69) is 0 Å². The van der Waals surface area contributed by atoms with Crippen molar-refractivity contribution in [1.82, 2.24) is 4.90 Å². The summed E-state index contributed by atoms with van der Waals surface area (Å²) >= 11 is 0. The first-order chi connectivity index (χ1) is 13.1. The lowest BCUT2D eigenvalue weighted by Crippen LogP contribution is -2.34. The molecule has 2 aromatic carbocycles. The molecule has 0 aromatic heterocycles. The molecule has 7 nitrogen and oxygen atoms in total. The van der Waals surface area contributed by atoms with Gasteiger partial charge in [0, 0.05) is 6.54 Å². The van der Waals surface area contributed by atoms with Crippen molar-refractivity contribution in [2.45, 2.75) is 12.8 Å². The fourth-order valence-corrected chi connectivity index (χ4v) is 3.74. The molecule has 0 aliphatic carbocycles. The van der Waals surface area contributed by atoms with E-state index in [9.17, 15) is 9.36 Å². The van der Waals surface area contributed by atoms with Crippen molar-refractivity contribution in [1.29, 1.82) is 0 Å². The van der Waals surface area contributed by atoms with Gasteiger partial charge in [-0.15, -0.1) is 0 Å². The van der Waals surface area contributed by atoms with Gasteiger partial charge in [0.25, 0.3) is 0 Å². The molecule has 8 heteroatoms. The number of rotatable bonds is 6. The number of carbonyl (C=O) groups is 1. The first-order valence-corrected chi connectivity index (χ1v) is 9.90. The molecule has 142 valence electrons. The van der Waals surface area contributed by atoms with Crippen LogP contribution in [0.25, 0.3) is 0 Å². The average Bonchev–Trinajstić information content (AvgIpc) is 2.69. The molecular formula is C19H20NO6P. The number of benzene rings is 2. The van der Waals surface area contributed by atoms with Crippen LogP contribution in [0.4, 0.5) is 4.79 Å². The van der Waals surface area contributed by atoms with Crippen LogP contribution in [0.2, 0.25) is 0 Å². The van der Waals surface area contributed by atoms with E-state index in [1.54, 1.807) is 66.7 Å². The van der Waals surface area contributed by atoms with Crippen LogP contribution in [0.5, 0.6) is 11.5 Å². The quantitative estimate of drug-likeness (QED) is 0.649. The molecule has 0 fully saturated rings. The Labute approximate surface area is 157 Å². The van der Waals surface area contributed by atoms with Crippen molar-refractivity contribution in [3.05, 3.63) is 72.6 Å². The summed E-state index contributed by atoms with van der Waals surface area (Å²) < 4.78 is 34.9. The molecule has 1 heterocycles. The summed E-state index contributed by atoms with van der Waals surface area (Å²) in [5.74, 6) is 0.721. The van der Waals surface area contributed by atoms with Gasteiger partial charge in [-0.25, -0.2) is 9.69 Å². The third-order valence-electron chi connectivity index (χ3n) is 3.69. The number of carbonyl (C=O) groups excluding carboxylic acids is 1. The molecule has 3 rings (SSSR count). The fraction of sp³-hybridized carbons (Fsp3) is 0.211. The number of hydrogen-bond donors (Lipinski definition) is 0. The minimum absolute atomic E-state index is 0.0864. The second kappa shape index (κ2) is 8.64. The Morgan fingerprint density at radius 1 is 0.926 bits per heavy atom. The molecule has 1 aliphatic rings. The molecule has 2 aromatic rings. The summed E-state index contributed by atoms with van der Waals surface area (Å²) in [6.45, 7) is 0.384. The van der Waals surface area contributed by atoms with Crippen molar-refractivity contribution < 1.29 is 27.7 Å². The van der Waals surface area contributed by atoms with Gasteiger partial charge in [0.15, 0.2) is 0 Å². The van der Waals surface area contributed by atoms with E-state index in [0.29, 0.717) is 24.5 Å². The topological polar surface area (TPSA) is 74.3 Å². The number of allylic oxidation sites excluding steroid dienone is 1. The standard InChI is InChI=1S/C19H20NO6P/c1-23-19(21)20-15-9-8-14-18(20)26-27(22,24-16-10-4-2-5-11-16)25-17-12-6-3-7-13-17/h2-7,10-14H,8-9,15H2,1H3. The number of para-hydroxylation sites is 2. The third kappa shape index (κ3) is 5.05. The molecule has 1 aliphatic heterocycles. The van der Waals surface area contributed by atoms with Crippen molar-refractivity contribution >= 4 is 13.9 Å². The molecule has 0 unspecified atom stereocenters. The van der Waals surface area contributed by atoms with E-state index < -0.39 is 13.9 Å². The average molecular weight is 389 g/mol. The van der Waals surface area contributed by atoms with Crippen molar-refractivity contribution in [2.75, 3.05) is 13.7 Å². The molecule has 1 amide bonds. The Morgan fingerprint density at radius 3 is 2.00 bits per heavy atom. The van der Waals surface area contributed by atoms with Crippen LogP contribution >= 0.6 is 7.82 Å². The zero-order valence-corrected chi connectivity index (χ0v) is 15.7. The van der Waals surface area contributed by atoms with Gasteiger partial charge >= 0.3 is 13.9 Å². The van der Waals surface area contributed by atoms with Crippen LogP contribution in [-0.4, -0.2) is 24.6 Å². The Bertz CT molecular complexity index is 794. The van der Waals surface area contributed by atoms with Gasteiger partial charge in [0.2, 0.25) is 5.88 Å². The zero-order valence-electron chi connectivity index (χ0n) is 14.8. The molecule has 0 N–H and O–H groups in total. The number of amides is 1. The highest BCUT2D eigenvalue weighted by atomic mass is 31.2. The normalized spacial score (nSPS) is 14.1. The lowest BCUT2D eigenvalue weighted by molar-refractivity contribution is 0.107. The summed E-state index contributed by atoms with van der Waals surface area (Å²) in [6, 6.07) is 17.1. The third-order valence-corrected chi connectivity index (χ3v) is 4.97. The van der Waals surface area contributed by atoms with Crippen LogP contribution in [0.1, 0.15) is 12.8 Å². The van der Waals surface area contributed by atoms with Crippen molar-refractivity contribution in [3.8, 4) is 11.5 Å². The maximum atomic E-state index is 13.4. The number of phosphoric ester groups is 1. The molecule has 0 atom stereocenters. The van der Waals surface area contributed by atoms with E-state index in [1.807, 2.05) is 0 Å². The van der Waals surface area contributed by atoms with E-state index in [4.69, 9.17) is 18.3 Å². The predicted molar refractivity (Wildman–Crippen MR) is 99.3 cm³/mol. The van der Waals surface area contributed by atoms with Gasteiger partial charge in [-0.3, -0.25) is 0 Å². The molecule has 0 bridgehead atoms. The highest BCUT2D eigenvalue weighted by Crippen LogP contribution is 2.52. The fourth-order valence-electron chi connectivity index (χ4n) is 2.46. The van der Waals surface area contributed by atoms with E-state index in [1.165, 1.54) is 12.0 Å². The minimum atomic E-state index is -4.14. The maximum Gasteiger partial charge on any atom is 0.648 e. The monoisotopic (exact) mass is 389 g/mol. The highest BCUT2D eigenvalue weighted by Gasteiger charge is 2.37. The number of phosphoric acid groups is 1. The first kappa shape index (κ1) is 18.9. The van der Waals surface area contributed by atoms with E-state index >= 15 is 0 Å². The molecule has 0 radical (unpaired) electrons. The van der Waals surface area contributed by atoms with Crippen molar-refractivity contribution in [2.24, 2.45) is 0 Å². The second-order valence-electron chi connectivity index (χ2n) is 5.65. The summed E-state index contributed by atoms with van der Waals surface area (Å²) in [6.07, 6.45) is 2.47. The Balaban J connectivity index is 1.88. The lowest BCUT2D eigenvalue weighted by Gasteiger charge is -2.29. The Kier molecular flexibility index (Phi) is 6.04. The van der Waals surface area contributed by atoms with Gasteiger partial charge in [0.1, 0.15) is 11.5 Å². The van der Waals surface area contributed by atoms with E-state index in [0.717, 1.165) is 6.42 Å². The number of hydrogen-bond acceptors (Lipinski definition) is 6. The molecule has 0 spiro atoms. The van der Waals surface area contributed by atoms with Gasteiger partial charge in [-0.2, -0.15) is 4.57 Å². The van der Waals surface area contributed by atoms with Crippen LogP contribution in [0, 0.1) is 0 Å². The van der Waals surface area contributed by atoms with Gasteiger partial charge < -0.3 is 18.3 Å². The minimum Gasteiger partial charge on any atom is -0.452 e. The van der Waals surface area contributed by atoms with Gasteiger partial charge in [0.05, 0.1) is 7.11 Å². The Hall–Kier alpha value is -2.92. The lowest BCUT2D eigenvalue weighted by atomic mass is 10.2. The summed E-state index contributed by atoms with van der Waals surface area (Å²) in [5.41, 5.74) is 0. The summed E-state index contributed by atoms with van der Waals surface area (Å²) in [7, 11) is -2.86. The number of methoxy groups -OCH3 is 1. The second-order valence-corrected chi connectivity index (χ2v) is 7.10. The Morgan fingerprint density at radius 2 is 1.48 bits per heavy atom.